The van der Waals surface area contributed by atoms with Crippen LogP contribution in [0.4, 0.5) is 22.7 Å². The minimum absolute atomic E-state index is 0.0679. The molecule has 2 rings (SSSR count). The molecule has 2 aromatic carbocycles. The third kappa shape index (κ3) is 10.1. The molecule has 0 aliphatic rings. The number of hydrogen-bond acceptors (Lipinski definition) is 10. The number of nitro benzene ring substituents is 2. The van der Waals surface area contributed by atoms with Crippen LogP contribution in [0.1, 0.15) is 0 Å². The van der Waals surface area contributed by atoms with Crippen LogP contribution in [-0.2, 0) is 10.4 Å². The Balaban J connectivity index is 0.000000479. The second kappa shape index (κ2) is 12.1. The summed E-state index contributed by atoms with van der Waals surface area (Å²) in [6.07, 6.45) is 0. The lowest BCUT2D eigenvalue weighted by molar-refractivity contribution is -0.385. The zero-order valence-electron chi connectivity index (χ0n) is 14.2. The van der Waals surface area contributed by atoms with Gasteiger partial charge in [0.1, 0.15) is 20.1 Å². The van der Waals surface area contributed by atoms with Crippen molar-refractivity contribution in [3.05, 3.63) is 74.5 Å². The summed E-state index contributed by atoms with van der Waals surface area (Å²) in [7, 11) is -5.17. The first-order valence-electron chi connectivity index (χ1n) is 6.76. The molecule has 0 aromatic heterocycles. The van der Waals surface area contributed by atoms with Crippen molar-refractivity contribution in [1.82, 2.24) is 0 Å². The Labute approximate surface area is 192 Å². The number of nitro groups is 2. The Morgan fingerprint density at radius 2 is 0.903 bits per heavy atom. The predicted molar refractivity (Wildman–Crippen MR) is 106 cm³/mol. The van der Waals surface area contributed by atoms with Crippen molar-refractivity contribution < 1.29 is 27.4 Å². The molecule has 164 valence electrons. The lowest BCUT2D eigenvalue weighted by atomic mass is 10.3. The van der Waals surface area contributed by atoms with Gasteiger partial charge in [-0.2, -0.15) is 0 Å². The summed E-state index contributed by atoms with van der Waals surface area (Å²) in [6.45, 7) is 0. The quantitative estimate of drug-likeness (QED) is 0.156. The van der Waals surface area contributed by atoms with Gasteiger partial charge in [0.15, 0.2) is 9.95 Å². The largest absolute Gasteiger partial charge is 0.759 e. The minimum Gasteiger partial charge on any atom is -0.759 e. The molecule has 0 atom stereocenters. The topological polar surface area (TPSA) is 223 Å². The summed E-state index contributed by atoms with van der Waals surface area (Å²) in [5.41, 5.74) is -0.646. The van der Waals surface area contributed by atoms with Crippen LogP contribution in [0.5, 0.6) is 0 Å². The molecule has 0 spiro atoms. The maximum Gasteiger partial charge on any atom is 0.422 e. The molecule has 0 heterocycles. The fourth-order valence-corrected chi connectivity index (χ4v) is 2.61. The molecule has 2 aromatic rings. The van der Waals surface area contributed by atoms with Gasteiger partial charge in [0.2, 0.25) is 10.8 Å². The molecule has 0 unspecified atom stereocenters. The standard InChI is InChI=1S/2C6H2Cl2N3O2.H2O4S/c2*7-4-1-3(11(12)13)2-5(8)6(4)10-9;1-5(2,3)4/h2*1-2H;(H2,1,2,3,4)/q2*+1;/p-2. The lowest BCUT2D eigenvalue weighted by Gasteiger charge is -2.06. The molecule has 0 fully saturated rings. The Morgan fingerprint density at radius 1 is 0.710 bits per heavy atom. The van der Waals surface area contributed by atoms with Gasteiger partial charge in [-0.1, -0.05) is 46.4 Å². The van der Waals surface area contributed by atoms with Crippen molar-refractivity contribution in [2.45, 2.75) is 0 Å². The van der Waals surface area contributed by atoms with Crippen molar-refractivity contribution in [1.29, 1.82) is 10.8 Å². The molecular weight excluding hydrogens is 530 g/mol. The van der Waals surface area contributed by atoms with Gasteiger partial charge in [0.05, 0.1) is 9.85 Å². The van der Waals surface area contributed by atoms with Gasteiger partial charge in [0.25, 0.3) is 11.4 Å². The van der Waals surface area contributed by atoms with Crippen molar-refractivity contribution in [2.24, 2.45) is 0 Å². The highest BCUT2D eigenvalue weighted by Crippen LogP contribution is 2.37. The first-order chi connectivity index (χ1) is 14.1. The van der Waals surface area contributed by atoms with Gasteiger partial charge in [-0.25, -0.2) is 0 Å². The first kappa shape index (κ1) is 28.1. The zero-order valence-corrected chi connectivity index (χ0v) is 18.0. The van der Waals surface area contributed by atoms with Crippen LogP contribution < -0.4 is 0 Å². The van der Waals surface area contributed by atoms with E-state index in [1.54, 1.807) is 0 Å². The maximum absolute atomic E-state index is 10.3. The van der Waals surface area contributed by atoms with E-state index in [1.165, 1.54) is 0 Å². The average molecular weight is 534 g/mol. The molecule has 0 radical (unpaired) electrons. The van der Waals surface area contributed by atoms with Gasteiger partial charge < -0.3 is 9.11 Å². The highest BCUT2D eigenvalue weighted by molar-refractivity contribution is 7.79. The molecular formula is C12H4Cl4N6O8S. The Bertz CT molecular complexity index is 1080. The average Bonchev–Trinajstić information content (AvgIpc) is 2.60. The van der Waals surface area contributed by atoms with Gasteiger partial charge in [-0.15, -0.1) is 0 Å². The van der Waals surface area contributed by atoms with Crippen LogP contribution >= 0.6 is 46.4 Å². The van der Waals surface area contributed by atoms with Crippen molar-refractivity contribution >= 4 is 79.6 Å². The summed E-state index contributed by atoms with van der Waals surface area (Å²) in [4.78, 5) is 24.9. The number of diazo groups is 2. The molecule has 0 saturated carbocycles. The molecule has 0 N–H and O–H groups in total. The lowest BCUT2D eigenvalue weighted by Crippen LogP contribution is -1.91. The van der Waals surface area contributed by atoms with Crippen LogP contribution in [0.15, 0.2) is 24.3 Å². The van der Waals surface area contributed by atoms with E-state index in [-0.39, 0.29) is 42.8 Å². The summed E-state index contributed by atoms with van der Waals surface area (Å²) in [6, 6.07) is 4.23. The predicted octanol–water partition coefficient (Wildman–Crippen LogP) is 5.43. The van der Waals surface area contributed by atoms with Crippen LogP contribution in [0, 0.1) is 31.0 Å². The third-order valence-corrected chi connectivity index (χ3v) is 3.78. The maximum atomic E-state index is 10.3. The molecule has 0 saturated heterocycles. The molecule has 0 aliphatic heterocycles. The van der Waals surface area contributed by atoms with Crippen LogP contribution in [0.25, 0.3) is 9.95 Å². The highest BCUT2D eigenvalue weighted by atomic mass is 35.5. The SMILES string of the molecule is N#[N+]c1c(Cl)cc([N+](=O)[O-])cc1Cl.N#[N+]c1c(Cl)cc([N+](=O)[O-])cc1Cl.O=S(=O)([O-])[O-]. The third-order valence-electron chi connectivity index (χ3n) is 2.62. The smallest absolute Gasteiger partial charge is 0.422 e. The summed E-state index contributed by atoms with van der Waals surface area (Å²) in [5, 5.41) is 37.2. The van der Waals surface area contributed by atoms with E-state index < -0.39 is 20.2 Å². The molecule has 19 heteroatoms. The first-order valence-corrected chi connectivity index (χ1v) is 9.60. The van der Waals surface area contributed by atoms with E-state index in [4.69, 9.17) is 74.7 Å². The van der Waals surface area contributed by atoms with Crippen molar-refractivity contribution in [3.63, 3.8) is 0 Å². The zero-order chi connectivity index (χ0) is 24.5. The molecule has 31 heavy (non-hydrogen) atoms. The normalized spacial score (nSPS) is 9.68. The van der Waals surface area contributed by atoms with Crippen LogP contribution in [0.2, 0.25) is 20.1 Å². The minimum atomic E-state index is -5.17. The summed E-state index contributed by atoms with van der Waals surface area (Å²) < 4.78 is 34.1. The van der Waals surface area contributed by atoms with E-state index in [0.29, 0.717) is 0 Å². The number of rotatable bonds is 2. The Hall–Kier alpha value is -2.89. The second-order valence-electron chi connectivity index (χ2n) is 4.64. The van der Waals surface area contributed by atoms with Gasteiger partial charge in [-0.05, 0) is 0 Å². The van der Waals surface area contributed by atoms with Gasteiger partial charge >= 0.3 is 11.4 Å². The number of non-ortho nitro benzene ring substituents is 2. The number of halogens is 4. The molecule has 14 nitrogen and oxygen atoms in total. The molecule has 0 bridgehead atoms. The van der Waals surface area contributed by atoms with Crippen LogP contribution in [0.3, 0.4) is 0 Å². The van der Waals surface area contributed by atoms with Gasteiger partial charge in [-0.3, -0.25) is 28.6 Å². The Morgan fingerprint density at radius 3 is 1.03 bits per heavy atom. The van der Waals surface area contributed by atoms with Crippen molar-refractivity contribution in [3.8, 4) is 0 Å². The van der Waals surface area contributed by atoms with E-state index in [0.717, 1.165) is 24.3 Å². The Kier molecular flexibility index (Phi) is 11.0. The van der Waals surface area contributed by atoms with E-state index >= 15 is 0 Å². The van der Waals surface area contributed by atoms with Crippen LogP contribution in [-0.4, -0.2) is 27.4 Å². The summed E-state index contributed by atoms with van der Waals surface area (Å²) in [5.74, 6) is 0. The van der Waals surface area contributed by atoms with Gasteiger partial charge in [0, 0.05) is 34.7 Å². The van der Waals surface area contributed by atoms with E-state index in [1.807, 2.05) is 0 Å². The second-order valence-corrected chi connectivity index (χ2v) is 7.08. The highest BCUT2D eigenvalue weighted by Gasteiger charge is 2.23. The van der Waals surface area contributed by atoms with E-state index in [9.17, 15) is 20.2 Å². The molecule has 0 amide bonds. The van der Waals surface area contributed by atoms with E-state index in [2.05, 4.69) is 9.95 Å². The number of benzene rings is 2. The number of nitrogens with zero attached hydrogens (tertiary/aromatic N) is 6. The monoisotopic (exact) mass is 532 g/mol. The van der Waals surface area contributed by atoms with Crippen molar-refractivity contribution in [2.75, 3.05) is 0 Å². The summed E-state index contributed by atoms with van der Waals surface area (Å²) >= 11 is 22.1. The number of hydrogen-bond donors (Lipinski definition) is 0. The fourth-order valence-electron chi connectivity index (χ4n) is 1.51. The molecule has 0 aliphatic carbocycles. The fraction of sp³-hybridized carbons (Fsp3) is 0.